The summed E-state index contributed by atoms with van der Waals surface area (Å²) in [6, 6.07) is 0.00433. The van der Waals surface area contributed by atoms with Gasteiger partial charge in [0.2, 0.25) is 5.91 Å². The van der Waals surface area contributed by atoms with Crippen LogP contribution in [0.3, 0.4) is 0 Å². The van der Waals surface area contributed by atoms with Gasteiger partial charge >= 0.3 is 5.97 Å². The first kappa shape index (κ1) is 12.4. The third-order valence-electron chi connectivity index (χ3n) is 3.70. The number of hydrogen-bond donors (Lipinski definition) is 1. The lowest BCUT2D eigenvalue weighted by Gasteiger charge is -2.32. The zero-order chi connectivity index (χ0) is 12.3. The first-order valence-electron chi connectivity index (χ1n) is 6.32. The van der Waals surface area contributed by atoms with E-state index in [9.17, 15) is 9.59 Å². The summed E-state index contributed by atoms with van der Waals surface area (Å²) in [7, 11) is 1.42. The summed E-state index contributed by atoms with van der Waals surface area (Å²) in [5.41, 5.74) is 0. The van der Waals surface area contributed by atoms with E-state index >= 15 is 0 Å². The highest BCUT2D eigenvalue weighted by molar-refractivity contribution is 5.82. The van der Waals surface area contributed by atoms with Gasteiger partial charge in [-0.05, 0) is 32.2 Å². The molecule has 0 aromatic rings. The van der Waals surface area contributed by atoms with Crippen molar-refractivity contribution in [3.8, 4) is 0 Å². The van der Waals surface area contributed by atoms with E-state index in [-0.39, 0.29) is 23.8 Å². The first-order chi connectivity index (χ1) is 8.22. The van der Waals surface area contributed by atoms with Gasteiger partial charge in [0, 0.05) is 13.1 Å². The Labute approximate surface area is 101 Å². The molecule has 0 saturated carbocycles. The highest BCUT2D eigenvalue weighted by Crippen LogP contribution is 2.20. The lowest BCUT2D eigenvalue weighted by atomic mass is 9.96. The van der Waals surface area contributed by atoms with Crippen LogP contribution in [0.1, 0.15) is 25.7 Å². The number of carbonyl (C=O) groups excluding carboxylic acids is 2. The Hall–Kier alpha value is -1.10. The normalized spacial score (nSPS) is 25.9. The van der Waals surface area contributed by atoms with Crippen molar-refractivity contribution >= 4 is 11.9 Å². The molecule has 2 fully saturated rings. The van der Waals surface area contributed by atoms with Crippen LogP contribution in [0.4, 0.5) is 0 Å². The fraction of sp³-hybridized carbons (Fsp3) is 0.833. The summed E-state index contributed by atoms with van der Waals surface area (Å²) in [6.07, 6.45) is 3.47. The van der Waals surface area contributed by atoms with Gasteiger partial charge in [0.05, 0.1) is 19.1 Å². The molecule has 0 bridgehead atoms. The Bertz CT molecular complexity index is 292. The zero-order valence-electron chi connectivity index (χ0n) is 10.3. The monoisotopic (exact) mass is 240 g/mol. The molecule has 17 heavy (non-hydrogen) atoms. The first-order valence-corrected chi connectivity index (χ1v) is 6.32. The van der Waals surface area contributed by atoms with Crippen LogP contribution >= 0.6 is 0 Å². The molecule has 2 aliphatic heterocycles. The SMILES string of the molecule is COC(=O)C1CCN(C(=O)[C@@H]2CCCN2)CC1. The Morgan fingerprint density at radius 1 is 1.24 bits per heavy atom. The van der Waals surface area contributed by atoms with Crippen LogP contribution in [-0.4, -0.2) is 49.6 Å². The van der Waals surface area contributed by atoms with Crippen LogP contribution in [0.5, 0.6) is 0 Å². The molecule has 1 N–H and O–H groups in total. The van der Waals surface area contributed by atoms with E-state index in [1.807, 2.05) is 4.90 Å². The molecular weight excluding hydrogens is 220 g/mol. The maximum Gasteiger partial charge on any atom is 0.308 e. The van der Waals surface area contributed by atoms with E-state index in [0.717, 1.165) is 32.2 Å². The van der Waals surface area contributed by atoms with Crippen molar-refractivity contribution in [2.45, 2.75) is 31.7 Å². The van der Waals surface area contributed by atoms with E-state index in [1.54, 1.807) is 0 Å². The van der Waals surface area contributed by atoms with E-state index in [1.165, 1.54) is 7.11 Å². The van der Waals surface area contributed by atoms with Crippen LogP contribution in [0, 0.1) is 5.92 Å². The van der Waals surface area contributed by atoms with E-state index < -0.39 is 0 Å². The Balaban J connectivity index is 1.82. The fourth-order valence-electron chi connectivity index (χ4n) is 2.62. The summed E-state index contributed by atoms with van der Waals surface area (Å²) in [5, 5.41) is 3.22. The lowest BCUT2D eigenvalue weighted by molar-refractivity contribution is -0.149. The maximum absolute atomic E-state index is 12.1. The summed E-state index contributed by atoms with van der Waals surface area (Å²) >= 11 is 0. The zero-order valence-corrected chi connectivity index (χ0v) is 10.3. The van der Waals surface area contributed by atoms with Crippen LogP contribution in [0.15, 0.2) is 0 Å². The number of ether oxygens (including phenoxy) is 1. The maximum atomic E-state index is 12.1. The standard InChI is InChI=1S/C12H20N2O3/c1-17-12(16)9-4-7-14(8-5-9)11(15)10-3-2-6-13-10/h9-10,13H,2-8H2,1H3/t10-/m0/s1. The third kappa shape index (κ3) is 2.77. The molecule has 1 atom stereocenters. The Kier molecular flexibility index (Phi) is 3.99. The highest BCUT2D eigenvalue weighted by Gasteiger charge is 2.32. The van der Waals surface area contributed by atoms with Gasteiger partial charge < -0.3 is 15.0 Å². The predicted molar refractivity (Wildman–Crippen MR) is 62.3 cm³/mol. The van der Waals surface area contributed by atoms with Crippen molar-refractivity contribution in [3.05, 3.63) is 0 Å². The number of rotatable bonds is 2. The van der Waals surface area contributed by atoms with E-state index in [0.29, 0.717) is 13.1 Å². The highest BCUT2D eigenvalue weighted by atomic mass is 16.5. The van der Waals surface area contributed by atoms with E-state index in [4.69, 9.17) is 4.74 Å². The molecule has 0 aliphatic carbocycles. The minimum absolute atomic E-state index is 0.00433. The van der Waals surface area contributed by atoms with E-state index in [2.05, 4.69) is 5.32 Å². The number of carbonyl (C=O) groups is 2. The largest absolute Gasteiger partial charge is 0.469 e. The molecule has 1 amide bonds. The number of esters is 1. The lowest BCUT2D eigenvalue weighted by Crippen LogP contribution is -2.47. The van der Waals surface area contributed by atoms with Crippen molar-refractivity contribution in [1.82, 2.24) is 10.2 Å². The molecule has 0 unspecified atom stereocenters. The fourth-order valence-corrected chi connectivity index (χ4v) is 2.62. The number of piperidine rings is 1. The number of likely N-dealkylation sites (tertiary alicyclic amines) is 1. The van der Waals surface area contributed by atoms with Gasteiger partial charge in [-0.3, -0.25) is 9.59 Å². The summed E-state index contributed by atoms with van der Waals surface area (Å²) in [4.78, 5) is 25.3. The minimum Gasteiger partial charge on any atom is -0.469 e. The van der Waals surface area contributed by atoms with Crippen molar-refractivity contribution in [2.24, 2.45) is 5.92 Å². The van der Waals surface area contributed by atoms with Crippen molar-refractivity contribution < 1.29 is 14.3 Å². The minimum atomic E-state index is -0.143. The smallest absolute Gasteiger partial charge is 0.308 e. The summed E-state index contributed by atoms with van der Waals surface area (Å²) in [5.74, 6) is 0.0301. The van der Waals surface area contributed by atoms with Crippen LogP contribution in [0.2, 0.25) is 0 Å². The average molecular weight is 240 g/mol. The number of nitrogens with zero attached hydrogens (tertiary/aromatic N) is 1. The predicted octanol–water partition coefficient (Wildman–Crippen LogP) is 0.150. The van der Waals surface area contributed by atoms with Gasteiger partial charge in [0.15, 0.2) is 0 Å². The molecular formula is C12H20N2O3. The summed E-state index contributed by atoms with van der Waals surface area (Å²) in [6.45, 7) is 2.29. The van der Waals surface area contributed by atoms with Crippen LogP contribution in [-0.2, 0) is 14.3 Å². The quantitative estimate of drug-likeness (QED) is 0.698. The topological polar surface area (TPSA) is 58.6 Å². The second-order valence-corrected chi connectivity index (χ2v) is 4.77. The van der Waals surface area contributed by atoms with Gasteiger partial charge in [0.25, 0.3) is 0 Å². The van der Waals surface area contributed by atoms with Gasteiger partial charge in [-0.15, -0.1) is 0 Å². The van der Waals surface area contributed by atoms with Gasteiger partial charge in [-0.1, -0.05) is 0 Å². The van der Waals surface area contributed by atoms with Gasteiger partial charge in [-0.2, -0.15) is 0 Å². The van der Waals surface area contributed by atoms with Gasteiger partial charge in [-0.25, -0.2) is 0 Å². The molecule has 2 heterocycles. The molecule has 5 nitrogen and oxygen atoms in total. The van der Waals surface area contributed by atoms with Crippen molar-refractivity contribution in [1.29, 1.82) is 0 Å². The number of nitrogens with one attached hydrogen (secondary N) is 1. The van der Waals surface area contributed by atoms with Gasteiger partial charge in [0.1, 0.15) is 0 Å². The molecule has 0 aromatic carbocycles. The average Bonchev–Trinajstić information content (AvgIpc) is 2.91. The molecule has 0 aromatic heterocycles. The van der Waals surface area contributed by atoms with Crippen molar-refractivity contribution in [3.63, 3.8) is 0 Å². The van der Waals surface area contributed by atoms with Crippen LogP contribution in [0.25, 0.3) is 0 Å². The molecule has 96 valence electrons. The second kappa shape index (κ2) is 5.49. The van der Waals surface area contributed by atoms with Crippen LogP contribution < -0.4 is 5.32 Å². The second-order valence-electron chi connectivity index (χ2n) is 4.77. The molecule has 0 radical (unpaired) electrons. The molecule has 2 saturated heterocycles. The molecule has 0 spiro atoms. The Morgan fingerprint density at radius 3 is 2.47 bits per heavy atom. The molecule has 2 rings (SSSR count). The molecule has 2 aliphatic rings. The third-order valence-corrected chi connectivity index (χ3v) is 3.70. The molecule has 5 heteroatoms. The summed E-state index contributed by atoms with van der Waals surface area (Å²) < 4.78 is 4.73. The Morgan fingerprint density at radius 2 is 1.94 bits per heavy atom. The van der Waals surface area contributed by atoms with Crippen molar-refractivity contribution in [2.75, 3.05) is 26.7 Å². The number of methoxy groups -OCH3 is 1. The number of amides is 1. The number of hydrogen-bond acceptors (Lipinski definition) is 4.